The molecule has 0 heterocycles. The van der Waals surface area contributed by atoms with Crippen LogP contribution in [0.25, 0.3) is 0 Å². The fourth-order valence-electron chi connectivity index (χ4n) is 2.78. The van der Waals surface area contributed by atoms with Gasteiger partial charge in [0.05, 0.1) is 26.3 Å². The molecule has 1 saturated carbocycles. The van der Waals surface area contributed by atoms with Crippen molar-refractivity contribution >= 4 is 12.1 Å². The van der Waals surface area contributed by atoms with Crippen molar-refractivity contribution in [2.45, 2.75) is 39.2 Å². The first kappa shape index (κ1) is 20.9. The molecule has 0 radical (unpaired) electrons. The van der Waals surface area contributed by atoms with Gasteiger partial charge in [-0.3, -0.25) is 4.99 Å². The van der Waals surface area contributed by atoms with Crippen molar-refractivity contribution in [3.63, 3.8) is 0 Å². The van der Waals surface area contributed by atoms with Crippen molar-refractivity contribution in [2.75, 3.05) is 33.4 Å². The van der Waals surface area contributed by atoms with E-state index < -0.39 is 0 Å². The summed E-state index contributed by atoms with van der Waals surface area (Å²) in [6.07, 6.45) is 2.80. The molecule has 0 saturated heterocycles. The zero-order valence-electron chi connectivity index (χ0n) is 16.6. The Kier molecular flexibility index (Phi) is 8.74. The third-order valence-corrected chi connectivity index (χ3v) is 4.43. The summed E-state index contributed by atoms with van der Waals surface area (Å²) < 4.78 is 10.2. The summed E-state index contributed by atoms with van der Waals surface area (Å²) >= 11 is 0. The molecule has 1 aliphatic rings. The summed E-state index contributed by atoms with van der Waals surface area (Å²) in [5.41, 5.74) is 1.24. The lowest BCUT2D eigenvalue weighted by molar-refractivity contribution is 0.147. The van der Waals surface area contributed by atoms with Crippen LogP contribution in [0.1, 0.15) is 32.3 Å². The van der Waals surface area contributed by atoms with Gasteiger partial charge in [0.1, 0.15) is 5.75 Å². The number of aliphatic imine (C=N–C) groups is 1. The Morgan fingerprint density at radius 3 is 2.56 bits per heavy atom. The number of nitrogens with one attached hydrogen (secondary N) is 3. The van der Waals surface area contributed by atoms with Crippen LogP contribution in [0.3, 0.4) is 0 Å². The summed E-state index contributed by atoms with van der Waals surface area (Å²) in [6, 6.07) is 8.10. The first-order valence-electron chi connectivity index (χ1n) is 9.74. The molecule has 7 heteroatoms. The van der Waals surface area contributed by atoms with Crippen molar-refractivity contribution in [1.82, 2.24) is 16.0 Å². The first-order valence-corrected chi connectivity index (χ1v) is 9.74. The SMILES string of the molecule is CCNC(=NCC(NC(=O)OCC)C1CC1)NCCc1ccc(OC)cc1. The van der Waals surface area contributed by atoms with Crippen LogP contribution in [0, 0.1) is 5.92 Å². The van der Waals surface area contributed by atoms with Crippen LogP contribution in [-0.2, 0) is 11.2 Å². The van der Waals surface area contributed by atoms with Gasteiger partial charge in [0.2, 0.25) is 0 Å². The lowest BCUT2D eigenvalue weighted by Gasteiger charge is -2.17. The molecule has 0 spiro atoms. The highest BCUT2D eigenvalue weighted by atomic mass is 16.5. The summed E-state index contributed by atoms with van der Waals surface area (Å²) in [5.74, 6) is 2.13. The fourth-order valence-corrected chi connectivity index (χ4v) is 2.78. The number of hydrogen-bond donors (Lipinski definition) is 3. The standard InChI is InChI=1S/C20H32N4O3/c1-4-21-19(22-13-12-15-6-10-17(26-3)11-7-15)23-14-18(16-8-9-16)24-20(25)27-5-2/h6-7,10-11,16,18H,4-5,8-9,12-14H2,1-3H3,(H,24,25)(H2,21,22,23). The van der Waals surface area contributed by atoms with Crippen LogP contribution in [0.15, 0.2) is 29.3 Å². The highest BCUT2D eigenvalue weighted by molar-refractivity contribution is 5.79. The Morgan fingerprint density at radius 2 is 1.96 bits per heavy atom. The highest BCUT2D eigenvalue weighted by Crippen LogP contribution is 2.32. The van der Waals surface area contributed by atoms with E-state index in [-0.39, 0.29) is 12.1 Å². The zero-order valence-corrected chi connectivity index (χ0v) is 16.6. The maximum Gasteiger partial charge on any atom is 0.407 e. The van der Waals surface area contributed by atoms with E-state index >= 15 is 0 Å². The van der Waals surface area contributed by atoms with Gasteiger partial charge in [0, 0.05) is 13.1 Å². The smallest absolute Gasteiger partial charge is 0.407 e. The van der Waals surface area contributed by atoms with E-state index in [9.17, 15) is 4.79 Å². The van der Waals surface area contributed by atoms with Crippen LogP contribution in [0.4, 0.5) is 4.79 Å². The van der Waals surface area contributed by atoms with Gasteiger partial charge in [-0.1, -0.05) is 12.1 Å². The number of nitrogens with zero attached hydrogens (tertiary/aromatic N) is 1. The van der Waals surface area contributed by atoms with Gasteiger partial charge in [-0.05, 0) is 56.7 Å². The molecule has 0 aromatic heterocycles. The molecule has 1 fully saturated rings. The van der Waals surface area contributed by atoms with Crippen LogP contribution < -0.4 is 20.7 Å². The summed E-state index contributed by atoms with van der Waals surface area (Å²) in [5, 5.41) is 9.54. The average molecular weight is 377 g/mol. The number of guanidine groups is 1. The lowest BCUT2D eigenvalue weighted by atomic mass is 10.1. The molecule has 0 aliphatic heterocycles. The van der Waals surface area contributed by atoms with E-state index in [1.54, 1.807) is 14.0 Å². The molecule has 2 rings (SSSR count). The molecule has 27 heavy (non-hydrogen) atoms. The number of carbonyl (C=O) groups excluding carboxylic acids is 1. The van der Waals surface area contributed by atoms with Gasteiger partial charge >= 0.3 is 6.09 Å². The van der Waals surface area contributed by atoms with E-state index in [2.05, 4.69) is 33.1 Å². The van der Waals surface area contributed by atoms with E-state index in [0.717, 1.165) is 44.1 Å². The second-order valence-corrected chi connectivity index (χ2v) is 6.55. The van der Waals surface area contributed by atoms with Gasteiger partial charge in [0.25, 0.3) is 0 Å². The van der Waals surface area contributed by atoms with Crippen LogP contribution in [0.2, 0.25) is 0 Å². The minimum atomic E-state index is -0.359. The Morgan fingerprint density at radius 1 is 1.22 bits per heavy atom. The predicted molar refractivity (Wildman–Crippen MR) is 107 cm³/mol. The minimum absolute atomic E-state index is 0.0288. The van der Waals surface area contributed by atoms with Gasteiger partial charge < -0.3 is 25.4 Å². The number of ether oxygens (including phenoxy) is 2. The number of benzene rings is 1. The van der Waals surface area contributed by atoms with E-state index in [1.807, 2.05) is 19.1 Å². The molecule has 0 bridgehead atoms. The first-order chi connectivity index (χ1) is 13.2. The Labute approximate surface area is 161 Å². The van der Waals surface area contributed by atoms with E-state index in [0.29, 0.717) is 19.1 Å². The molecular weight excluding hydrogens is 344 g/mol. The number of hydrogen-bond acceptors (Lipinski definition) is 4. The second kappa shape index (κ2) is 11.3. The molecule has 150 valence electrons. The van der Waals surface area contributed by atoms with Crippen LogP contribution in [0.5, 0.6) is 5.75 Å². The minimum Gasteiger partial charge on any atom is -0.497 e. The Hall–Kier alpha value is -2.44. The number of alkyl carbamates (subject to hydrolysis) is 1. The van der Waals surface area contributed by atoms with Gasteiger partial charge in [-0.25, -0.2) is 4.79 Å². The van der Waals surface area contributed by atoms with Crippen molar-refractivity contribution in [3.8, 4) is 5.75 Å². The van der Waals surface area contributed by atoms with Crippen molar-refractivity contribution in [1.29, 1.82) is 0 Å². The van der Waals surface area contributed by atoms with Crippen molar-refractivity contribution < 1.29 is 14.3 Å². The third-order valence-electron chi connectivity index (χ3n) is 4.43. The summed E-state index contributed by atoms with van der Waals surface area (Å²) in [4.78, 5) is 16.4. The Bertz CT molecular complexity index is 600. The van der Waals surface area contributed by atoms with Gasteiger partial charge in [0.15, 0.2) is 5.96 Å². The number of methoxy groups -OCH3 is 1. The van der Waals surface area contributed by atoms with Crippen molar-refractivity contribution in [2.24, 2.45) is 10.9 Å². The maximum atomic E-state index is 11.7. The molecule has 1 aromatic carbocycles. The van der Waals surface area contributed by atoms with Crippen LogP contribution in [-0.4, -0.2) is 51.4 Å². The molecule has 1 atom stereocenters. The summed E-state index contributed by atoms with van der Waals surface area (Å²) in [6.45, 7) is 6.32. The van der Waals surface area contributed by atoms with Crippen LogP contribution >= 0.6 is 0 Å². The molecule has 7 nitrogen and oxygen atoms in total. The molecule has 1 aromatic rings. The third kappa shape index (κ3) is 7.76. The molecule has 1 unspecified atom stereocenters. The van der Waals surface area contributed by atoms with E-state index in [1.165, 1.54) is 5.56 Å². The lowest BCUT2D eigenvalue weighted by Crippen LogP contribution is -2.42. The second-order valence-electron chi connectivity index (χ2n) is 6.55. The fraction of sp³-hybridized carbons (Fsp3) is 0.600. The monoisotopic (exact) mass is 376 g/mol. The average Bonchev–Trinajstić information content (AvgIpc) is 3.51. The molecule has 1 aliphatic carbocycles. The number of rotatable bonds is 10. The normalized spacial score (nSPS) is 15.0. The molecule has 3 N–H and O–H groups in total. The van der Waals surface area contributed by atoms with E-state index in [4.69, 9.17) is 9.47 Å². The number of carbonyl (C=O) groups is 1. The predicted octanol–water partition coefficient (Wildman–Crippen LogP) is 2.32. The largest absolute Gasteiger partial charge is 0.497 e. The maximum absolute atomic E-state index is 11.7. The Balaban J connectivity index is 1.83. The number of amides is 1. The molecule has 1 amide bonds. The van der Waals surface area contributed by atoms with Gasteiger partial charge in [-0.15, -0.1) is 0 Å². The van der Waals surface area contributed by atoms with Crippen molar-refractivity contribution in [3.05, 3.63) is 29.8 Å². The van der Waals surface area contributed by atoms with Gasteiger partial charge in [-0.2, -0.15) is 0 Å². The zero-order chi connectivity index (χ0) is 19.5. The molecular formula is C20H32N4O3. The summed E-state index contributed by atoms with van der Waals surface area (Å²) in [7, 11) is 1.67. The highest BCUT2D eigenvalue weighted by Gasteiger charge is 2.32. The quantitative estimate of drug-likeness (QED) is 0.431. The topological polar surface area (TPSA) is 84.0 Å².